The third kappa shape index (κ3) is 4.26. The normalized spacial score (nSPS) is 13.8. The summed E-state index contributed by atoms with van der Waals surface area (Å²) in [7, 11) is 0. The molecule has 0 saturated carbocycles. The Labute approximate surface area is 224 Å². The number of carbonyl (C=O) groups is 2. The molecular formula is C30H26N4O3S. The first-order valence-corrected chi connectivity index (χ1v) is 13.5. The highest BCUT2D eigenvalue weighted by molar-refractivity contribution is 7.13. The second kappa shape index (κ2) is 9.87. The fourth-order valence-electron chi connectivity index (χ4n) is 5.01. The average Bonchev–Trinajstić information content (AvgIpc) is 3.61. The van der Waals surface area contributed by atoms with Crippen LogP contribution >= 0.6 is 11.3 Å². The van der Waals surface area contributed by atoms with Gasteiger partial charge in [0.05, 0.1) is 32.9 Å². The van der Waals surface area contributed by atoms with Gasteiger partial charge in [0.2, 0.25) is 0 Å². The number of hydrogen-bond acceptors (Lipinski definition) is 6. The largest absolute Gasteiger partial charge is 0.449 e. The maximum Gasteiger partial charge on any atom is 0.339 e. The molecule has 0 radical (unpaired) electrons. The third-order valence-electron chi connectivity index (χ3n) is 6.81. The number of pyridine rings is 1. The average molecular weight is 523 g/mol. The minimum Gasteiger partial charge on any atom is -0.449 e. The molecule has 5 aromatic rings. The minimum atomic E-state index is -0.952. The second-order valence-electron chi connectivity index (χ2n) is 9.33. The molecule has 0 bridgehead atoms. The zero-order chi connectivity index (χ0) is 26.2. The van der Waals surface area contributed by atoms with Crippen LogP contribution in [0, 0.1) is 6.92 Å². The first-order valence-electron chi connectivity index (χ1n) is 12.6. The SMILES string of the molecule is Cc1nn(-c2ccccc2)c2nc(-c3cccs3)cc(C(=O)O[C@@H](C)C(=O)N3CCCc4ccccc43)c12. The predicted octanol–water partition coefficient (Wildman–Crippen LogP) is 5.98. The molecular weight excluding hydrogens is 496 g/mol. The summed E-state index contributed by atoms with van der Waals surface area (Å²) in [6.07, 6.45) is 0.849. The van der Waals surface area contributed by atoms with Crippen LogP contribution in [0.15, 0.2) is 78.2 Å². The lowest BCUT2D eigenvalue weighted by Crippen LogP contribution is -2.42. The quantitative estimate of drug-likeness (QED) is 0.265. The summed E-state index contributed by atoms with van der Waals surface area (Å²) < 4.78 is 7.57. The van der Waals surface area contributed by atoms with E-state index in [1.54, 1.807) is 22.6 Å². The van der Waals surface area contributed by atoms with Crippen molar-refractivity contribution in [3.63, 3.8) is 0 Å². The number of carbonyl (C=O) groups excluding carboxylic acids is 2. The van der Waals surface area contributed by atoms with Crippen molar-refractivity contribution in [1.29, 1.82) is 0 Å². The van der Waals surface area contributed by atoms with Crippen LogP contribution in [0.2, 0.25) is 0 Å². The van der Waals surface area contributed by atoms with Crippen LogP contribution in [0.5, 0.6) is 0 Å². The molecule has 1 aliphatic rings. The molecule has 38 heavy (non-hydrogen) atoms. The standard InChI is InChI=1S/C30H26N4O3S/c1-19-27-23(30(36)37-20(2)29(35)33-16-8-11-21-10-6-7-14-25(21)33)18-24(26-15-9-17-38-26)31-28(27)34(32-19)22-12-4-3-5-13-22/h3-7,9-10,12-15,17-18,20H,8,11,16H2,1-2H3/t20-/m0/s1. The molecule has 1 amide bonds. The van der Waals surface area contributed by atoms with Gasteiger partial charge in [-0.2, -0.15) is 5.10 Å². The van der Waals surface area contributed by atoms with E-state index < -0.39 is 12.1 Å². The number of hydrogen-bond donors (Lipinski definition) is 0. The molecule has 7 nitrogen and oxygen atoms in total. The Morgan fingerprint density at radius 1 is 1.03 bits per heavy atom. The first-order chi connectivity index (χ1) is 18.5. The molecule has 8 heteroatoms. The van der Waals surface area contributed by atoms with Gasteiger partial charge in [0.25, 0.3) is 5.91 Å². The molecule has 0 saturated heterocycles. The Morgan fingerprint density at radius 2 is 1.82 bits per heavy atom. The summed E-state index contributed by atoms with van der Waals surface area (Å²) in [6, 6.07) is 23.2. The summed E-state index contributed by atoms with van der Waals surface area (Å²) in [4.78, 5) is 34.6. The number of esters is 1. The molecule has 1 aliphatic heterocycles. The number of anilines is 1. The molecule has 0 spiro atoms. The molecule has 2 aromatic carbocycles. The Balaban J connectivity index is 1.38. The molecule has 3 aromatic heterocycles. The number of aromatic nitrogens is 3. The number of amides is 1. The lowest BCUT2D eigenvalue weighted by molar-refractivity contribution is -0.126. The van der Waals surface area contributed by atoms with Gasteiger partial charge in [-0.3, -0.25) is 4.79 Å². The van der Waals surface area contributed by atoms with E-state index in [-0.39, 0.29) is 5.91 Å². The topological polar surface area (TPSA) is 77.3 Å². The van der Waals surface area contributed by atoms with E-state index in [2.05, 4.69) is 0 Å². The Hall–Kier alpha value is -4.30. The number of para-hydroxylation sites is 2. The summed E-state index contributed by atoms with van der Waals surface area (Å²) >= 11 is 1.54. The highest BCUT2D eigenvalue weighted by atomic mass is 32.1. The fraction of sp³-hybridized carbons (Fsp3) is 0.200. The fourth-order valence-corrected chi connectivity index (χ4v) is 5.69. The van der Waals surface area contributed by atoms with Gasteiger partial charge in [0.15, 0.2) is 11.8 Å². The lowest BCUT2D eigenvalue weighted by atomic mass is 10.0. The first kappa shape index (κ1) is 24.1. The summed E-state index contributed by atoms with van der Waals surface area (Å²) in [5.74, 6) is -0.803. The molecule has 0 aliphatic carbocycles. The number of nitrogens with zero attached hydrogens (tertiary/aromatic N) is 4. The van der Waals surface area contributed by atoms with E-state index in [1.165, 1.54) is 11.3 Å². The van der Waals surface area contributed by atoms with Gasteiger partial charge in [0, 0.05) is 12.2 Å². The molecule has 4 heterocycles. The van der Waals surface area contributed by atoms with E-state index in [9.17, 15) is 9.59 Å². The monoisotopic (exact) mass is 522 g/mol. The zero-order valence-electron chi connectivity index (χ0n) is 21.1. The van der Waals surface area contributed by atoms with Gasteiger partial charge < -0.3 is 9.64 Å². The summed E-state index contributed by atoms with van der Waals surface area (Å²) in [5.41, 5.74) is 5.08. The van der Waals surface area contributed by atoms with Crippen LogP contribution in [-0.4, -0.2) is 39.3 Å². The predicted molar refractivity (Wildman–Crippen MR) is 149 cm³/mol. The zero-order valence-corrected chi connectivity index (χ0v) is 21.9. The van der Waals surface area contributed by atoms with E-state index >= 15 is 0 Å². The number of thiophene rings is 1. The second-order valence-corrected chi connectivity index (χ2v) is 10.3. The highest BCUT2D eigenvalue weighted by Gasteiger charge is 2.30. The van der Waals surface area contributed by atoms with Gasteiger partial charge in [-0.1, -0.05) is 42.5 Å². The van der Waals surface area contributed by atoms with E-state index in [0.717, 1.165) is 34.7 Å². The molecule has 0 unspecified atom stereocenters. The number of rotatable bonds is 5. The van der Waals surface area contributed by atoms with Gasteiger partial charge in [0.1, 0.15) is 0 Å². The summed E-state index contributed by atoms with van der Waals surface area (Å²) in [6.45, 7) is 4.09. The number of ether oxygens (including phenoxy) is 1. The van der Waals surface area contributed by atoms with Crippen LogP contribution in [-0.2, 0) is 16.0 Å². The molecule has 0 N–H and O–H groups in total. The Morgan fingerprint density at radius 3 is 2.61 bits per heavy atom. The van der Waals surface area contributed by atoms with Crippen molar-refractivity contribution in [1.82, 2.24) is 14.8 Å². The number of aryl methyl sites for hydroxylation is 2. The molecule has 1 atom stereocenters. The van der Waals surface area contributed by atoms with Crippen molar-refractivity contribution < 1.29 is 14.3 Å². The van der Waals surface area contributed by atoms with Crippen LogP contribution in [0.1, 0.15) is 35.0 Å². The van der Waals surface area contributed by atoms with Crippen molar-refractivity contribution in [3.05, 3.63) is 95.0 Å². The Bertz CT molecular complexity index is 1640. The van der Waals surface area contributed by atoms with Gasteiger partial charge in [-0.05, 0) is 68.0 Å². The van der Waals surface area contributed by atoms with E-state index in [1.807, 2.05) is 79.0 Å². The van der Waals surface area contributed by atoms with Crippen molar-refractivity contribution in [2.75, 3.05) is 11.4 Å². The maximum atomic E-state index is 13.7. The van der Waals surface area contributed by atoms with Crippen LogP contribution in [0.3, 0.4) is 0 Å². The van der Waals surface area contributed by atoms with Crippen LogP contribution < -0.4 is 4.90 Å². The van der Waals surface area contributed by atoms with Crippen molar-refractivity contribution in [3.8, 4) is 16.3 Å². The third-order valence-corrected chi connectivity index (χ3v) is 7.71. The minimum absolute atomic E-state index is 0.231. The summed E-state index contributed by atoms with van der Waals surface area (Å²) in [5, 5.41) is 7.29. The lowest BCUT2D eigenvalue weighted by Gasteiger charge is -2.31. The Kier molecular flexibility index (Phi) is 6.25. The molecule has 6 rings (SSSR count). The van der Waals surface area contributed by atoms with Gasteiger partial charge >= 0.3 is 5.97 Å². The van der Waals surface area contributed by atoms with Gasteiger partial charge in [-0.25, -0.2) is 14.5 Å². The van der Waals surface area contributed by atoms with Crippen molar-refractivity contribution in [2.45, 2.75) is 32.8 Å². The van der Waals surface area contributed by atoms with E-state index in [4.69, 9.17) is 14.8 Å². The maximum absolute atomic E-state index is 13.7. The van der Waals surface area contributed by atoms with Crippen LogP contribution in [0.25, 0.3) is 27.3 Å². The van der Waals surface area contributed by atoms with E-state index in [0.29, 0.717) is 34.5 Å². The van der Waals surface area contributed by atoms with Gasteiger partial charge in [-0.15, -0.1) is 11.3 Å². The van der Waals surface area contributed by atoms with Crippen molar-refractivity contribution >= 4 is 39.9 Å². The smallest absolute Gasteiger partial charge is 0.339 e. The molecule has 190 valence electrons. The number of benzene rings is 2. The molecule has 0 fully saturated rings. The van der Waals surface area contributed by atoms with Crippen molar-refractivity contribution in [2.24, 2.45) is 0 Å². The van der Waals surface area contributed by atoms with Crippen LogP contribution in [0.4, 0.5) is 5.69 Å². The number of fused-ring (bicyclic) bond motifs is 2. The highest BCUT2D eigenvalue weighted by Crippen LogP contribution is 2.32.